The van der Waals surface area contributed by atoms with Crippen molar-refractivity contribution in [1.82, 2.24) is 5.32 Å². The highest BCUT2D eigenvalue weighted by atomic mass is 19.1. The van der Waals surface area contributed by atoms with Gasteiger partial charge in [0.05, 0.1) is 0 Å². The Labute approximate surface area is 126 Å². The second kappa shape index (κ2) is 6.72. The Morgan fingerprint density at radius 2 is 1.76 bits per heavy atom. The second-order valence-electron chi connectivity index (χ2n) is 5.39. The van der Waals surface area contributed by atoms with Crippen molar-refractivity contribution in [3.8, 4) is 11.5 Å². The van der Waals surface area contributed by atoms with Crippen molar-refractivity contribution in [2.45, 2.75) is 33.7 Å². The summed E-state index contributed by atoms with van der Waals surface area (Å²) >= 11 is 0. The van der Waals surface area contributed by atoms with Crippen LogP contribution in [0.25, 0.3) is 0 Å². The van der Waals surface area contributed by atoms with E-state index in [-0.39, 0.29) is 11.9 Å². The molecular weight excluding hydrogens is 265 g/mol. The van der Waals surface area contributed by atoms with Crippen LogP contribution in [0.5, 0.6) is 11.5 Å². The molecule has 0 bridgehead atoms. The van der Waals surface area contributed by atoms with E-state index >= 15 is 0 Å². The van der Waals surface area contributed by atoms with E-state index in [2.05, 4.69) is 11.4 Å². The summed E-state index contributed by atoms with van der Waals surface area (Å²) in [5.74, 6) is 1.22. The smallest absolute Gasteiger partial charge is 0.132 e. The van der Waals surface area contributed by atoms with E-state index in [0.29, 0.717) is 5.75 Å². The summed E-state index contributed by atoms with van der Waals surface area (Å²) in [5, 5.41) is 3.29. The molecule has 0 saturated carbocycles. The van der Waals surface area contributed by atoms with Gasteiger partial charge >= 0.3 is 0 Å². The van der Waals surface area contributed by atoms with Crippen molar-refractivity contribution in [3.05, 3.63) is 58.9 Å². The lowest BCUT2D eigenvalue weighted by Gasteiger charge is -2.18. The molecular formula is C18H22FNO. The maximum Gasteiger partial charge on any atom is 0.132 e. The average Bonchev–Trinajstić information content (AvgIpc) is 2.40. The lowest BCUT2D eigenvalue weighted by molar-refractivity contribution is 0.459. The third-order valence-electron chi connectivity index (χ3n) is 3.37. The van der Waals surface area contributed by atoms with Crippen LogP contribution in [0.4, 0.5) is 4.39 Å². The van der Waals surface area contributed by atoms with Gasteiger partial charge in [-0.3, -0.25) is 0 Å². The number of halogens is 1. The number of hydrogen-bond acceptors (Lipinski definition) is 2. The number of benzene rings is 2. The fourth-order valence-electron chi connectivity index (χ4n) is 2.49. The minimum atomic E-state index is -0.248. The number of ether oxygens (including phenoxy) is 1. The third-order valence-corrected chi connectivity index (χ3v) is 3.37. The topological polar surface area (TPSA) is 21.3 Å². The van der Waals surface area contributed by atoms with Crippen molar-refractivity contribution in [2.75, 3.05) is 6.54 Å². The van der Waals surface area contributed by atoms with Gasteiger partial charge in [-0.15, -0.1) is 0 Å². The van der Waals surface area contributed by atoms with Crippen LogP contribution in [0.15, 0.2) is 36.4 Å². The molecule has 21 heavy (non-hydrogen) atoms. The molecule has 2 aromatic carbocycles. The Morgan fingerprint density at radius 1 is 1.10 bits per heavy atom. The first-order valence-electron chi connectivity index (χ1n) is 7.28. The van der Waals surface area contributed by atoms with Crippen LogP contribution in [0, 0.1) is 19.7 Å². The molecule has 0 aromatic heterocycles. The van der Waals surface area contributed by atoms with Crippen LogP contribution in [0.1, 0.15) is 36.6 Å². The van der Waals surface area contributed by atoms with E-state index in [4.69, 9.17) is 4.74 Å². The molecule has 0 aliphatic heterocycles. The predicted octanol–water partition coefficient (Wildman–Crippen LogP) is 4.91. The first-order valence-corrected chi connectivity index (χ1v) is 7.28. The minimum absolute atomic E-state index is 0.0339. The molecule has 2 rings (SSSR count). The molecule has 0 spiro atoms. The molecule has 1 N–H and O–H groups in total. The summed E-state index contributed by atoms with van der Waals surface area (Å²) in [7, 11) is 0. The van der Waals surface area contributed by atoms with E-state index < -0.39 is 0 Å². The highest BCUT2D eigenvalue weighted by Crippen LogP contribution is 2.31. The highest BCUT2D eigenvalue weighted by molar-refractivity contribution is 5.42. The predicted molar refractivity (Wildman–Crippen MR) is 84.5 cm³/mol. The molecule has 0 amide bonds. The largest absolute Gasteiger partial charge is 0.457 e. The van der Waals surface area contributed by atoms with Gasteiger partial charge in [0.15, 0.2) is 0 Å². The van der Waals surface area contributed by atoms with Gasteiger partial charge in [0, 0.05) is 11.6 Å². The van der Waals surface area contributed by atoms with Crippen LogP contribution in [0.2, 0.25) is 0 Å². The summed E-state index contributed by atoms with van der Waals surface area (Å²) in [6, 6.07) is 10.8. The number of rotatable bonds is 5. The Balaban J connectivity index is 2.34. The molecule has 1 unspecified atom stereocenters. The van der Waals surface area contributed by atoms with Gasteiger partial charge in [-0.05, 0) is 68.8 Å². The first-order chi connectivity index (χ1) is 9.99. The average molecular weight is 287 g/mol. The van der Waals surface area contributed by atoms with Crippen LogP contribution < -0.4 is 10.1 Å². The molecule has 0 radical (unpaired) electrons. The van der Waals surface area contributed by atoms with E-state index in [9.17, 15) is 4.39 Å². The molecule has 112 valence electrons. The van der Waals surface area contributed by atoms with Gasteiger partial charge in [-0.25, -0.2) is 4.39 Å². The summed E-state index contributed by atoms with van der Waals surface area (Å²) in [4.78, 5) is 0. The van der Waals surface area contributed by atoms with Gasteiger partial charge < -0.3 is 10.1 Å². The normalized spacial score (nSPS) is 12.2. The lowest BCUT2D eigenvalue weighted by Crippen LogP contribution is -2.18. The maximum atomic E-state index is 13.5. The van der Waals surface area contributed by atoms with Crippen molar-refractivity contribution >= 4 is 0 Å². The van der Waals surface area contributed by atoms with Gasteiger partial charge in [0.1, 0.15) is 17.3 Å². The van der Waals surface area contributed by atoms with Crippen molar-refractivity contribution < 1.29 is 9.13 Å². The molecule has 2 nitrogen and oxygen atoms in total. The number of aryl methyl sites for hydroxylation is 2. The van der Waals surface area contributed by atoms with E-state index in [1.807, 2.05) is 39.8 Å². The number of nitrogens with one attached hydrogen (secondary N) is 1. The van der Waals surface area contributed by atoms with Crippen LogP contribution in [-0.4, -0.2) is 6.54 Å². The highest BCUT2D eigenvalue weighted by Gasteiger charge is 2.13. The molecule has 3 heteroatoms. The van der Waals surface area contributed by atoms with Crippen molar-refractivity contribution in [1.29, 1.82) is 0 Å². The zero-order valence-electron chi connectivity index (χ0n) is 13.0. The molecule has 0 heterocycles. The molecule has 1 atom stereocenters. The minimum Gasteiger partial charge on any atom is -0.457 e. The Kier molecular flexibility index (Phi) is 4.97. The van der Waals surface area contributed by atoms with Gasteiger partial charge in [-0.2, -0.15) is 0 Å². The Bertz CT molecular complexity index is 604. The van der Waals surface area contributed by atoms with Crippen LogP contribution in [0.3, 0.4) is 0 Å². The van der Waals surface area contributed by atoms with E-state index in [0.717, 1.165) is 29.0 Å². The first kappa shape index (κ1) is 15.5. The SMILES string of the molecule is CCNC(C)c1cc(F)ccc1Oc1cc(C)cc(C)c1. The fourth-order valence-corrected chi connectivity index (χ4v) is 2.49. The van der Waals surface area contributed by atoms with Crippen LogP contribution >= 0.6 is 0 Å². The quantitative estimate of drug-likeness (QED) is 0.844. The lowest BCUT2D eigenvalue weighted by atomic mass is 10.1. The number of hydrogen-bond donors (Lipinski definition) is 1. The van der Waals surface area contributed by atoms with Crippen LogP contribution in [-0.2, 0) is 0 Å². The Hall–Kier alpha value is -1.87. The molecule has 0 saturated heterocycles. The summed E-state index contributed by atoms with van der Waals surface area (Å²) in [6.45, 7) is 8.92. The van der Waals surface area contributed by atoms with Gasteiger partial charge in [0.2, 0.25) is 0 Å². The van der Waals surface area contributed by atoms with E-state index in [1.165, 1.54) is 12.1 Å². The fraction of sp³-hybridized carbons (Fsp3) is 0.333. The maximum absolute atomic E-state index is 13.5. The third kappa shape index (κ3) is 4.05. The second-order valence-corrected chi connectivity index (χ2v) is 5.39. The summed E-state index contributed by atoms with van der Waals surface area (Å²) in [6.07, 6.45) is 0. The zero-order chi connectivity index (χ0) is 15.4. The van der Waals surface area contributed by atoms with Gasteiger partial charge in [-0.1, -0.05) is 13.0 Å². The van der Waals surface area contributed by atoms with E-state index in [1.54, 1.807) is 6.07 Å². The van der Waals surface area contributed by atoms with Crippen molar-refractivity contribution in [3.63, 3.8) is 0 Å². The molecule has 0 aliphatic carbocycles. The monoisotopic (exact) mass is 287 g/mol. The van der Waals surface area contributed by atoms with Gasteiger partial charge in [0.25, 0.3) is 0 Å². The standard InChI is InChI=1S/C18H22FNO/c1-5-20-14(4)17-11-15(19)6-7-18(17)21-16-9-12(2)8-13(3)10-16/h6-11,14,20H,5H2,1-4H3. The molecule has 0 aliphatic rings. The Morgan fingerprint density at radius 3 is 2.38 bits per heavy atom. The summed E-state index contributed by atoms with van der Waals surface area (Å²) in [5.41, 5.74) is 3.12. The summed E-state index contributed by atoms with van der Waals surface area (Å²) < 4.78 is 19.5. The zero-order valence-corrected chi connectivity index (χ0v) is 13.0. The molecule has 0 fully saturated rings. The molecule has 2 aromatic rings. The van der Waals surface area contributed by atoms with Crippen molar-refractivity contribution in [2.24, 2.45) is 0 Å².